The topological polar surface area (TPSA) is 72.5 Å². The molecule has 0 aromatic heterocycles. The number of anilines is 1. The molecule has 1 saturated carbocycles. The van der Waals surface area contributed by atoms with Gasteiger partial charge in [0.1, 0.15) is 5.82 Å². The van der Waals surface area contributed by atoms with Gasteiger partial charge in [0.25, 0.3) is 0 Å². The number of Topliss-reactive ketones (excluding diaryl/α,β-unsaturated/α-hetero) is 1. The van der Waals surface area contributed by atoms with Gasteiger partial charge < -0.3 is 10.1 Å². The Hall–Kier alpha value is -2.45. The number of ketones is 1. The van der Waals surface area contributed by atoms with E-state index in [0.29, 0.717) is 12.8 Å². The highest BCUT2D eigenvalue weighted by atomic mass is 19.4. The summed E-state index contributed by atoms with van der Waals surface area (Å²) in [7, 11) is 0. The molecule has 5 nitrogen and oxygen atoms in total. The first-order chi connectivity index (χ1) is 12.6. The van der Waals surface area contributed by atoms with E-state index in [4.69, 9.17) is 4.74 Å². The van der Waals surface area contributed by atoms with Gasteiger partial charge in [0, 0.05) is 12.6 Å². The number of esters is 1. The smallest absolute Gasteiger partial charge is 0.392 e. The van der Waals surface area contributed by atoms with Crippen LogP contribution in [-0.2, 0) is 14.3 Å². The SMILES string of the molecule is CC(=O)Nc1ccc(C(=O)COC(=O)[C@@H]2CCCC[C@@H]2C(F)(F)F)c(F)c1. The molecule has 1 N–H and O–H groups in total. The summed E-state index contributed by atoms with van der Waals surface area (Å²) in [6, 6.07) is 3.33. The van der Waals surface area contributed by atoms with Gasteiger partial charge in [0.15, 0.2) is 6.61 Å². The Bertz CT molecular complexity index is 733. The van der Waals surface area contributed by atoms with Crippen molar-refractivity contribution >= 4 is 23.3 Å². The molecule has 1 amide bonds. The molecule has 2 atom stereocenters. The Morgan fingerprint density at radius 2 is 1.85 bits per heavy atom. The standard InChI is InChI=1S/C18H19F4NO4/c1-10(24)23-11-6-7-13(15(19)8-11)16(25)9-27-17(26)12-4-2-3-5-14(12)18(20,21)22/h6-8,12,14H,2-5,9H2,1H3,(H,23,24)/t12-,14+/m1/s1. The van der Waals surface area contributed by atoms with Crippen molar-refractivity contribution in [3.8, 4) is 0 Å². The predicted octanol–water partition coefficient (Wildman–Crippen LogP) is 3.88. The second-order valence-corrected chi connectivity index (χ2v) is 6.45. The summed E-state index contributed by atoms with van der Waals surface area (Å²) in [4.78, 5) is 35.0. The third-order valence-corrected chi connectivity index (χ3v) is 4.42. The summed E-state index contributed by atoms with van der Waals surface area (Å²) in [5.41, 5.74) is -0.239. The van der Waals surface area contributed by atoms with Crippen LogP contribution in [0.25, 0.3) is 0 Å². The van der Waals surface area contributed by atoms with E-state index in [9.17, 15) is 31.9 Å². The highest BCUT2D eigenvalue weighted by Gasteiger charge is 2.48. The summed E-state index contributed by atoms with van der Waals surface area (Å²) in [5, 5.41) is 2.34. The summed E-state index contributed by atoms with van der Waals surface area (Å²) >= 11 is 0. The minimum atomic E-state index is -4.51. The van der Waals surface area contributed by atoms with Gasteiger partial charge in [0.05, 0.1) is 17.4 Å². The van der Waals surface area contributed by atoms with Gasteiger partial charge in [-0.05, 0) is 31.0 Å². The molecule has 1 aromatic carbocycles. The number of carbonyl (C=O) groups excluding carboxylic acids is 3. The number of nitrogens with one attached hydrogen (secondary N) is 1. The van der Waals surface area contributed by atoms with Crippen LogP contribution < -0.4 is 5.32 Å². The van der Waals surface area contributed by atoms with E-state index in [1.807, 2.05) is 0 Å². The van der Waals surface area contributed by atoms with Crippen molar-refractivity contribution in [2.75, 3.05) is 11.9 Å². The van der Waals surface area contributed by atoms with Crippen LogP contribution in [-0.4, -0.2) is 30.4 Å². The van der Waals surface area contributed by atoms with E-state index < -0.39 is 48.1 Å². The fourth-order valence-corrected chi connectivity index (χ4v) is 3.15. The molecular formula is C18H19F4NO4. The fraction of sp³-hybridized carbons (Fsp3) is 0.500. The van der Waals surface area contributed by atoms with E-state index >= 15 is 0 Å². The number of ether oxygens (including phenoxy) is 1. The van der Waals surface area contributed by atoms with Crippen molar-refractivity contribution in [3.63, 3.8) is 0 Å². The minimum absolute atomic E-state index is 0.0387. The number of hydrogen-bond acceptors (Lipinski definition) is 4. The Balaban J connectivity index is 2.00. The van der Waals surface area contributed by atoms with Crippen LogP contribution in [0.2, 0.25) is 0 Å². The van der Waals surface area contributed by atoms with E-state index in [1.54, 1.807) is 0 Å². The first kappa shape index (κ1) is 20.9. The van der Waals surface area contributed by atoms with Gasteiger partial charge in [-0.25, -0.2) is 4.39 Å². The molecule has 0 spiro atoms. The van der Waals surface area contributed by atoms with Gasteiger partial charge in [-0.15, -0.1) is 0 Å². The number of alkyl halides is 3. The lowest BCUT2D eigenvalue weighted by molar-refractivity contribution is -0.204. The van der Waals surface area contributed by atoms with Gasteiger partial charge in [0.2, 0.25) is 11.7 Å². The molecule has 27 heavy (non-hydrogen) atoms. The first-order valence-corrected chi connectivity index (χ1v) is 8.43. The van der Waals surface area contributed by atoms with Crippen LogP contribution in [0.3, 0.4) is 0 Å². The molecule has 1 aromatic rings. The molecule has 1 aliphatic rings. The van der Waals surface area contributed by atoms with Crippen LogP contribution >= 0.6 is 0 Å². The summed E-state index contributed by atoms with van der Waals surface area (Å²) in [6.07, 6.45) is -3.79. The average Bonchev–Trinajstić information content (AvgIpc) is 2.58. The van der Waals surface area contributed by atoms with Crippen molar-refractivity contribution in [3.05, 3.63) is 29.6 Å². The van der Waals surface area contributed by atoms with Crippen molar-refractivity contribution in [2.24, 2.45) is 11.8 Å². The number of carbonyl (C=O) groups is 3. The fourth-order valence-electron chi connectivity index (χ4n) is 3.15. The molecule has 1 fully saturated rings. The summed E-state index contributed by atoms with van der Waals surface area (Å²) in [5.74, 6) is -6.47. The lowest BCUT2D eigenvalue weighted by Crippen LogP contribution is -2.38. The van der Waals surface area contributed by atoms with Crippen molar-refractivity contribution in [2.45, 2.75) is 38.8 Å². The molecule has 0 heterocycles. The first-order valence-electron chi connectivity index (χ1n) is 8.43. The molecule has 148 valence electrons. The highest BCUT2D eigenvalue weighted by Crippen LogP contribution is 2.41. The quantitative estimate of drug-likeness (QED) is 0.471. The molecule has 1 aliphatic carbocycles. The number of benzene rings is 1. The van der Waals surface area contributed by atoms with Gasteiger partial charge >= 0.3 is 12.1 Å². The second-order valence-electron chi connectivity index (χ2n) is 6.45. The monoisotopic (exact) mass is 389 g/mol. The van der Waals surface area contributed by atoms with Crippen molar-refractivity contribution in [1.29, 1.82) is 0 Å². The number of amides is 1. The number of hydrogen-bond donors (Lipinski definition) is 1. The second kappa shape index (κ2) is 8.49. The summed E-state index contributed by atoms with van der Waals surface area (Å²) < 4.78 is 57.9. The van der Waals surface area contributed by atoms with Gasteiger partial charge in [-0.1, -0.05) is 12.8 Å². The Morgan fingerprint density at radius 1 is 1.19 bits per heavy atom. The summed E-state index contributed by atoms with van der Waals surface area (Å²) in [6.45, 7) is 0.381. The molecule has 0 aliphatic heterocycles. The van der Waals surface area contributed by atoms with Crippen LogP contribution in [0.4, 0.5) is 23.2 Å². The van der Waals surface area contributed by atoms with Crippen molar-refractivity contribution in [1.82, 2.24) is 0 Å². The lowest BCUT2D eigenvalue weighted by Gasteiger charge is -2.31. The Kier molecular flexibility index (Phi) is 6.56. The maximum Gasteiger partial charge on any atom is 0.392 e. The molecular weight excluding hydrogens is 370 g/mol. The van der Waals surface area contributed by atoms with Crippen LogP contribution in [0.15, 0.2) is 18.2 Å². The number of halogens is 4. The molecule has 2 rings (SSSR count). The molecule has 9 heteroatoms. The largest absolute Gasteiger partial charge is 0.457 e. The Morgan fingerprint density at radius 3 is 2.44 bits per heavy atom. The molecule has 0 unspecified atom stereocenters. The molecule has 0 radical (unpaired) electrons. The van der Waals surface area contributed by atoms with Crippen molar-refractivity contribution < 1.29 is 36.7 Å². The lowest BCUT2D eigenvalue weighted by atomic mass is 9.79. The third kappa shape index (κ3) is 5.51. The Labute approximate surface area is 153 Å². The zero-order valence-electron chi connectivity index (χ0n) is 14.6. The maximum atomic E-state index is 14.0. The zero-order chi connectivity index (χ0) is 20.2. The average molecular weight is 389 g/mol. The van der Waals surface area contributed by atoms with Gasteiger partial charge in [-0.2, -0.15) is 13.2 Å². The normalized spacial score (nSPS) is 20.0. The van der Waals surface area contributed by atoms with Crippen LogP contribution in [0, 0.1) is 17.7 Å². The molecule has 0 saturated heterocycles. The number of rotatable bonds is 5. The highest BCUT2D eigenvalue weighted by molar-refractivity contribution is 5.99. The molecule has 0 bridgehead atoms. The van der Waals surface area contributed by atoms with E-state index in [1.165, 1.54) is 13.0 Å². The zero-order valence-corrected chi connectivity index (χ0v) is 14.6. The van der Waals surface area contributed by atoms with E-state index in [0.717, 1.165) is 12.1 Å². The van der Waals surface area contributed by atoms with Crippen LogP contribution in [0.5, 0.6) is 0 Å². The van der Waals surface area contributed by atoms with E-state index in [2.05, 4.69) is 5.32 Å². The van der Waals surface area contributed by atoms with Gasteiger partial charge in [-0.3, -0.25) is 14.4 Å². The minimum Gasteiger partial charge on any atom is -0.457 e. The maximum absolute atomic E-state index is 14.0. The van der Waals surface area contributed by atoms with Crippen LogP contribution in [0.1, 0.15) is 43.0 Å². The van der Waals surface area contributed by atoms with E-state index in [-0.39, 0.29) is 24.1 Å². The third-order valence-electron chi connectivity index (χ3n) is 4.42. The predicted molar refractivity (Wildman–Crippen MR) is 87.5 cm³/mol.